The van der Waals surface area contributed by atoms with E-state index in [0.29, 0.717) is 5.69 Å². The number of rotatable bonds is 5. The maximum atomic E-state index is 11.8. The molecule has 0 aliphatic carbocycles. The number of benzene rings is 1. The summed E-state index contributed by atoms with van der Waals surface area (Å²) in [6, 6.07) is 9.76. The molecule has 21 heavy (non-hydrogen) atoms. The average molecular weight is 323 g/mol. The van der Waals surface area contributed by atoms with Crippen LogP contribution in [0.25, 0.3) is 0 Å². The fraction of sp³-hybridized carbons (Fsp3) is 0.0714. The van der Waals surface area contributed by atoms with Crippen molar-refractivity contribution in [3.05, 3.63) is 53.2 Å². The zero-order chi connectivity index (χ0) is 15.2. The molecular weight excluding hydrogens is 312 g/mol. The van der Waals surface area contributed by atoms with Gasteiger partial charge in [-0.25, -0.2) is 9.78 Å². The quantitative estimate of drug-likeness (QED) is 0.827. The van der Waals surface area contributed by atoms with E-state index in [1.54, 1.807) is 18.3 Å². The number of aromatic nitrogens is 1. The zero-order valence-corrected chi connectivity index (χ0v) is 12.3. The molecule has 5 nitrogen and oxygen atoms in total. The highest BCUT2D eigenvalue weighted by atomic mass is 35.5. The van der Waals surface area contributed by atoms with Crippen molar-refractivity contribution in [3.8, 4) is 0 Å². The Morgan fingerprint density at radius 1 is 1.29 bits per heavy atom. The predicted molar refractivity (Wildman–Crippen MR) is 82.0 cm³/mol. The highest BCUT2D eigenvalue weighted by Gasteiger charge is 2.11. The summed E-state index contributed by atoms with van der Waals surface area (Å²) in [5, 5.41) is 12.5. The Morgan fingerprint density at radius 3 is 2.76 bits per heavy atom. The van der Waals surface area contributed by atoms with Crippen LogP contribution in [0.3, 0.4) is 0 Å². The third kappa shape index (κ3) is 4.47. The second kappa shape index (κ2) is 7.10. The number of carboxylic acids is 1. The van der Waals surface area contributed by atoms with Gasteiger partial charge in [0, 0.05) is 11.9 Å². The van der Waals surface area contributed by atoms with E-state index in [0.717, 1.165) is 5.03 Å². The molecule has 1 amide bonds. The third-order valence-electron chi connectivity index (χ3n) is 2.47. The molecule has 2 N–H and O–H groups in total. The Hall–Kier alpha value is -2.05. The normalized spacial score (nSPS) is 10.1. The molecule has 1 aromatic heterocycles. The predicted octanol–water partition coefficient (Wildman–Crippen LogP) is 3.16. The molecule has 2 aromatic rings. The van der Waals surface area contributed by atoms with Gasteiger partial charge in [0.05, 0.1) is 21.4 Å². The summed E-state index contributed by atoms with van der Waals surface area (Å²) in [6.45, 7) is 0. The molecular formula is C14H11ClN2O3S. The first-order chi connectivity index (χ1) is 10.1. The van der Waals surface area contributed by atoms with Gasteiger partial charge in [0.25, 0.3) is 0 Å². The number of hydrogen-bond donors (Lipinski definition) is 2. The number of nitrogens with one attached hydrogen (secondary N) is 1. The summed E-state index contributed by atoms with van der Waals surface area (Å²) in [5.41, 5.74) is 0.343. The van der Waals surface area contributed by atoms with E-state index in [2.05, 4.69) is 10.3 Å². The van der Waals surface area contributed by atoms with E-state index in [9.17, 15) is 9.59 Å². The summed E-state index contributed by atoms with van der Waals surface area (Å²) in [6.07, 6.45) is 1.65. The molecule has 1 aromatic carbocycles. The van der Waals surface area contributed by atoms with Crippen LogP contribution in [0.1, 0.15) is 10.4 Å². The topological polar surface area (TPSA) is 79.3 Å². The lowest BCUT2D eigenvalue weighted by Crippen LogP contribution is -2.14. The number of carbonyl (C=O) groups is 2. The molecule has 0 aliphatic rings. The van der Waals surface area contributed by atoms with E-state index in [-0.39, 0.29) is 22.2 Å². The molecule has 0 saturated carbocycles. The Labute approximate surface area is 130 Å². The molecule has 0 unspecified atom stereocenters. The molecule has 1 heterocycles. The van der Waals surface area contributed by atoms with Crippen molar-refractivity contribution in [1.82, 2.24) is 4.98 Å². The van der Waals surface area contributed by atoms with Gasteiger partial charge < -0.3 is 10.4 Å². The highest BCUT2D eigenvalue weighted by molar-refractivity contribution is 7.99. The number of amides is 1. The molecule has 0 fully saturated rings. The van der Waals surface area contributed by atoms with Gasteiger partial charge in [-0.3, -0.25) is 4.79 Å². The van der Waals surface area contributed by atoms with Gasteiger partial charge in [-0.05, 0) is 30.3 Å². The van der Waals surface area contributed by atoms with E-state index in [1.165, 1.54) is 23.9 Å². The summed E-state index contributed by atoms with van der Waals surface area (Å²) < 4.78 is 0. The maximum Gasteiger partial charge on any atom is 0.337 e. The Morgan fingerprint density at radius 2 is 2.10 bits per heavy atom. The van der Waals surface area contributed by atoms with Gasteiger partial charge in [0.1, 0.15) is 0 Å². The van der Waals surface area contributed by atoms with Gasteiger partial charge in [-0.15, -0.1) is 0 Å². The number of aromatic carboxylic acids is 1. The van der Waals surface area contributed by atoms with Crippen molar-refractivity contribution in [3.63, 3.8) is 0 Å². The number of nitrogens with zero attached hydrogens (tertiary/aromatic N) is 1. The summed E-state index contributed by atoms with van der Waals surface area (Å²) in [7, 11) is 0. The number of carbonyl (C=O) groups excluding carboxylic acids is 1. The summed E-state index contributed by atoms with van der Waals surface area (Å²) >= 11 is 7.06. The molecule has 0 atom stereocenters. The van der Waals surface area contributed by atoms with E-state index in [1.807, 2.05) is 12.1 Å². The van der Waals surface area contributed by atoms with Crippen LogP contribution >= 0.6 is 23.4 Å². The summed E-state index contributed by atoms with van der Waals surface area (Å²) in [5.74, 6) is -1.20. The van der Waals surface area contributed by atoms with Gasteiger partial charge >= 0.3 is 5.97 Å². The van der Waals surface area contributed by atoms with E-state index >= 15 is 0 Å². The minimum Gasteiger partial charge on any atom is -0.478 e. The van der Waals surface area contributed by atoms with E-state index < -0.39 is 5.97 Å². The van der Waals surface area contributed by atoms with Crippen molar-refractivity contribution in [1.29, 1.82) is 0 Å². The fourth-order valence-corrected chi connectivity index (χ4v) is 2.40. The van der Waals surface area contributed by atoms with Crippen molar-refractivity contribution < 1.29 is 14.7 Å². The first-order valence-corrected chi connectivity index (χ1v) is 7.29. The molecule has 0 bridgehead atoms. The second-order valence-electron chi connectivity index (χ2n) is 4.00. The van der Waals surface area contributed by atoms with Crippen molar-refractivity contribution in [2.45, 2.75) is 5.03 Å². The molecule has 0 aliphatic heterocycles. The average Bonchev–Trinajstić information content (AvgIpc) is 2.48. The lowest BCUT2D eigenvalue weighted by molar-refractivity contribution is -0.113. The van der Waals surface area contributed by atoms with Crippen LogP contribution in [0.2, 0.25) is 5.02 Å². The minimum absolute atomic E-state index is 0.0492. The number of pyridine rings is 1. The Kier molecular flexibility index (Phi) is 5.19. The lowest BCUT2D eigenvalue weighted by atomic mass is 10.2. The van der Waals surface area contributed by atoms with Crippen LogP contribution in [-0.4, -0.2) is 27.7 Å². The Bertz CT molecular complexity index is 665. The number of carboxylic acid groups (broad SMARTS) is 1. The van der Waals surface area contributed by atoms with E-state index in [4.69, 9.17) is 16.7 Å². The minimum atomic E-state index is -1.14. The number of hydrogen-bond acceptors (Lipinski definition) is 4. The molecule has 0 saturated heterocycles. The largest absolute Gasteiger partial charge is 0.478 e. The van der Waals surface area contributed by atoms with Gasteiger partial charge in [0.15, 0.2) is 0 Å². The SMILES string of the molecule is O=C(CSc1ccccn1)Nc1ccc(Cl)c(C(=O)O)c1. The van der Waals surface area contributed by atoms with Crippen LogP contribution in [0.5, 0.6) is 0 Å². The van der Waals surface area contributed by atoms with Crippen molar-refractivity contribution >= 4 is 40.9 Å². The van der Waals surface area contributed by atoms with Crippen LogP contribution < -0.4 is 5.32 Å². The van der Waals surface area contributed by atoms with Crippen LogP contribution in [0.15, 0.2) is 47.6 Å². The molecule has 108 valence electrons. The second-order valence-corrected chi connectivity index (χ2v) is 5.41. The van der Waals surface area contributed by atoms with Crippen LogP contribution in [0.4, 0.5) is 5.69 Å². The number of thioether (sulfide) groups is 1. The smallest absolute Gasteiger partial charge is 0.337 e. The first kappa shape index (κ1) is 15.3. The van der Waals surface area contributed by atoms with Crippen LogP contribution in [0, 0.1) is 0 Å². The zero-order valence-electron chi connectivity index (χ0n) is 10.7. The maximum absolute atomic E-state index is 11.8. The molecule has 7 heteroatoms. The van der Waals surface area contributed by atoms with Crippen molar-refractivity contribution in [2.75, 3.05) is 11.1 Å². The van der Waals surface area contributed by atoms with Gasteiger partial charge in [-0.1, -0.05) is 29.4 Å². The fourth-order valence-electron chi connectivity index (χ4n) is 1.54. The highest BCUT2D eigenvalue weighted by Crippen LogP contribution is 2.21. The Balaban J connectivity index is 1.97. The van der Waals surface area contributed by atoms with Gasteiger partial charge in [0.2, 0.25) is 5.91 Å². The molecule has 2 rings (SSSR count). The third-order valence-corrected chi connectivity index (χ3v) is 3.74. The lowest BCUT2D eigenvalue weighted by Gasteiger charge is -2.07. The van der Waals surface area contributed by atoms with Gasteiger partial charge in [-0.2, -0.15) is 0 Å². The first-order valence-electron chi connectivity index (χ1n) is 5.93. The summed E-state index contributed by atoms with van der Waals surface area (Å²) in [4.78, 5) is 26.9. The van der Waals surface area contributed by atoms with Crippen LogP contribution in [-0.2, 0) is 4.79 Å². The molecule has 0 spiro atoms. The number of anilines is 1. The molecule has 0 radical (unpaired) electrons. The standard InChI is InChI=1S/C14H11ClN2O3S/c15-11-5-4-9(7-10(11)14(19)20)17-12(18)8-21-13-3-1-2-6-16-13/h1-7H,8H2,(H,17,18)(H,19,20). The number of halogens is 1. The monoisotopic (exact) mass is 322 g/mol. The van der Waals surface area contributed by atoms with Crippen molar-refractivity contribution in [2.24, 2.45) is 0 Å².